The number of carbonyl (C=O) groups excluding carboxylic acids is 3. The highest BCUT2D eigenvalue weighted by molar-refractivity contribution is 7.47. The molecule has 0 fully saturated rings. The van der Waals surface area contributed by atoms with Crippen LogP contribution in [0.25, 0.3) is 0 Å². The van der Waals surface area contributed by atoms with Gasteiger partial charge in [-0.15, -0.1) is 0 Å². The Balaban J connectivity index is 4.61. The second-order valence-corrected chi connectivity index (χ2v) is 28.3. The summed E-state index contributed by atoms with van der Waals surface area (Å²) in [6.07, 6.45) is 93.1. The molecule has 0 aliphatic carbocycles. The van der Waals surface area contributed by atoms with E-state index in [0.717, 1.165) is 141 Å². The van der Waals surface area contributed by atoms with E-state index in [1.54, 1.807) is 0 Å². The third-order valence-electron chi connectivity index (χ3n) is 15.7. The molecule has 0 aliphatic heterocycles. The number of allylic oxidation sites excluding steroid dienone is 26. The van der Waals surface area contributed by atoms with Gasteiger partial charge in [0.05, 0.1) is 26.4 Å². The summed E-state index contributed by atoms with van der Waals surface area (Å²) >= 11 is 0. The Morgan fingerprint density at radius 3 is 0.891 bits per heavy atom. The van der Waals surface area contributed by atoms with Crippen LogP contribution < -0.4 is 0 Å². The molecular formula is C83H138O16P2. The smallest absolute Gasteiger partial charge is 0.463 e. The first-order valence-corrected chi connectivity index (χ1v) is 41.8. The first-order chi connectivity index (χ1) is 49.2. The first-order valence-electron chi connectivity index (χ1n) is 38.8. The normalized spacial score (nSPS) is 14.9. The van der Waals surface area contributed by atoms with Gasteiger partial charge in [-0.25, -0.2) is 9.13 Å². The van der Waals surface area contributed by atoms with Crippen molar-refractivity contribution in [3.05, 3.63) is 158 Å². The standard InChI is InChI=1S/C83H138O16P2/c1-4-7-10-13-16-19-22-25-28-31-33-34-35-36-37-38-39-40-41-42-44-47-48-51-54-57-60-63-66-69-81(86)93-72-78(84)73-95-100(89,90)96-74-79(85)75-97-101(91,92)98-77-80(99-83(88)71-68-65-62-59-56-53-50-45-30-27-24-21-18-15-12-9-6-3)76-94-82(87)70-67-64-61-58-55-52-49-46-43-32-29-26-23-20-17-14-11-8-5-2/h8-9,11-12,16-21,25-30,33-34,36-37,43,46,52,55,61,64,78-80,84-85H,4-7,10,13-15,22-24,31-32,35,38-42,44-45,47-51,53-54,56-60,62-63,65-77H2,1-3H3,(H,89,90)(H,91,92)/b11-8-,12-9-,19-16-,20-17-,21-18-,28-25-,29-26-,30-27-,34-33-,37-36-,46-43-,55-52-,64-61-. The predicted molar refractivity (Wildman–Crippen MR) is 417 cm³/mol. The van der Waals surface area contributed by atoms with Crippen LogP contribution in [0.1, 0.15) is 290 Å². The summed E-state index contributed by atoms with van der Waals surface area (Å²) < 4.78 is 61.0. The molecule has 0 heterocycles. The summed E-state index contributed by atoms with van der Waals surface area (Å²) in [6, 6.07) is 0. The van der Waals surface area contributed by atoms with Crippen molar-refractivity contribution in [3.8, 4) is 0 Å². The summed E-state index contributed by atoms with van der Waals surface area (Å²) in [4.78, 5) is 58.6. The second kappa shape index (κ2) is 74.9. The fraction of sp³-hybridized carbons (Fsp3) is 0.651. The van der Waals surface area contributed by atoms with Crippen LogP contribution in [-0.2, 0) is 55.8 Å². The van der Waals surface area contributed by atoms with Crippen molar-refractivity contribution in [1.29, 1.82) is 0 Å². The molecule has 16 nitrogen and oxygen atoms in total. The molecule has 4 N–H and O–H groups in total. The zero-order chi connectivity index (χ0) is 73.7. The number of aliphatic hydroxyl groups is 2. The van der Waals surface area contributed by atoms with Gasteiger partial charge in [0.1, 0.15) is 25.4 Å². The molecule has 576 valence electrons. The van der Waals surface area contributed by atoms with Crippen LogP contribution in [0.2, 0.25) is 0 Å². The molecule has 5 unspecified atom stereocenters. The highest BCUT2D eigenvalue weighted by Gasteiger charge is 2.29. The highest BCUT2D eigenvalue weighted by Crippen LogP contribution is 2.45. The molecule has 0 rings (SSSR count). The number of ether oxygens (including phenoxy) is 3. The number of hydrogen-bond acceptors (Lipinski definition) is 14. The maximum atomic E-state index is 13.0. The third-order valence-corrected chi connectivity index (χ3v) is 17.6. The second-order valence-electron chi connectivity index (χ2n) is 25.4. The fourth-order valence-electron chi connectivity index (χ4n) is 9.89. The largest absolute Gasteiger partial charge is 0.472 e. The van der Waals surface area contributed by atoms with Crippen LogP contribution in [0.5, 0.6) is 0 Å². The minimum Gasteiger partial charge on any atom is -0.463 e. The topological polar surface area (TPSA) is 231 Å². The number of carbonyl (C=O) groups is 3. The van der Waals surface area contributed by atoms with E-state index in [4.69, 9.17) is 32.3 Å². The van der Waals surface area contributed by atoms with Crippen molar-refractivity contribution >= 4 is 33.6 Å². The molecule has 5 atom stereocenters. The third kappa shape index (κ3) is 76.1. The van der Waals surface area contributed by atoms with Gasteiger partial charge in [0.25, 0.3) is 0 Å². The van der Waals surface area contributed by atoms with Gasteiger partial charge in [-0.2, -0.15) is 0 Å². The molecule has 18 heteroatoms. The van der Waals surface area contributed by atoms with Crippen molar-refractivity contribution < 1.29 is 75.8 Å². The predicted octanol–water partition coefficient (Wildman–Crippen LogP) is 22.6. The number of unbranched alkanes of at least 4 members (excludes halogenated alkanes) is 23. The van der Waals surface area contributed by atoms with E-state index in [2.05, 4.69) is 161 Å². The van der Waals surface area contributed by atoms with Crippen molar-refractivity contribution in [2.24, 2.45) is 0 Å². The molecule has 0 amide bonds. The van der Waals surface area contributed by atoms with Crippen molar-refractivity contribution in [2.75, 3.05) is 39.6 Å². The van der Waals surface area contributed by atoms with Gasteiger partial charge in [-0.05, 0) is 135 Å². The van der Waals surface area contributed by atoms with Crippen LogP contribution in [-0.4, -0.2) is 95.9 Å². The van der Waals surface area contributed by atoms with Gasteiger partial charge in [0.15, 0.2) is 6.10 Å². The lowest BCUT2D eigenvalue weighted by Crippen LogP contribution is -2.30. The minimum atomic E-state index is -4.95. The summed E-state index contributed by atoms with van der Waals surface area (Å²) in [5.41, 5.74) is 0. The molecule has 0 aliphatic rings. The molecule has 0 spiro atoms. The lowest BCUT2D eigenvalue weighted by Gasteiger charge is -2.21. The Morgan fingerprint density at radius 1 is 0.287 bits per heavy atom. The van der Waals surface area contributed by atoms with Gasteiger partial charge in [0, 0.05) is 19.3 Å². The number of phosphoric acid groups is 2. The van der Waals surface area contributed by atoms with E-state index in [1.807, 2.05) is 18.2 Å². The molecule has 0 radical (unpaired) electrons. The van der Waals surface area contributed by atoms with Crippen molar-refractivity contribution in [2.45, 2.75) is 309 Å². The zero-order valence-corrected chi connectivity index (χ0v) is 64.6. The average molecular weight is 1450 g/mol. The van der Waals surface area contributed by atoms with E-state index in [9.17, 15) is 43.5 Å². The fourth-order valence-corrected chi connectivity index (χ4v) is 11.5. The minimum absolute atomic E-state index is 0.0378. The quantitative estimate of drug-likeness (QED) is 0.0146. The molecule has 101 heavy (non-hydrogen) atoms. The Bertz CT molecular complexity index is 2470. The summed E-state index contributed by atoms with van der Waals surface area (Å²) in [5.74, 6) is -1.69. The zero-order valence-electron chi connectivity index (χ0n) is 62.8. The van der Waals surface area contributed by atoms with Crippen LogP contribution in [0.3, 0.4) is 0 Å². The van der Waals surface area contributed by atoms with E-state index in [1.165, 1.54) is 83.5 Å². The van der Waals surface area contributed by atoms with Crippen LogP contribution in [0.4, 0.5) is 0 Å². The Kier molecular flexibility index (Phi) is 71.3. The number of hydrogen-bond donors (Lipinski definition) is 4. The van der Waals surface area contributed by atoms with Crippen LogP contribution >= 0.6 is 15.6 Å². The van der Waals surface area contributed by atoms with Gasteiger partial charge in [-0.1, -0.05) is 294 Å². The Hall–Kier alpha value is -4.83. The molecule has 0 aromatic rings. The lowest BCUT2D eigenvalue weighted by molar-refractivity contribution is -0.161. The number of rotatable bonds is 72. The lowest BCUT2D eigenvalue weighted by atomic mass is 10.0. The first kappa shape index (κ1) is 96.2. The Labute approximate surface area is 612 Å². The van der Waals surface area contributed by atoms with Gasteiger partial charge in [-0.3, -0.25) is 32.5 Å². The number of esters is 3. The van der Waals surface area contributed by atoms with E-state index >= 15 is 0 Å². The average Bonchev–Trinajstić information content (AvgIpc) is 1.07. The maximum absolute atomic E-state index is 13.0. The monoisotopic (exact) mass is 1450 g/mol. The van der Waals surface area contributed by atoms with Crippen molar-refractivity contribution in [1.82, 2.24) is 0 Å². The molecule has 0 aromatic carbocycles. The van der Waals surface area contributed by atoms with Gasteiger partial charge in [0.2, 0.25) is 0 Å². The summed E-state index contributed by atoms with van der Waals surface area (Å²) in [5, 5.41) is 20.6. The van der Waals surface area contributed by atoms with Crippen molar-refractivity contribution in [3.63, 3.8) is 0 Å². The number of aliphatic hydroxyl groups excluding tert-OH is 2. The molecule has 0 saturated carbocycles. The molecule has 0 aromatic heterocycles. The molecule has 0 saturated heterocycles. The van der Waals surface area contributed by atoms with Crippen LogP contribution in [0.15, 0.2) is 158 Å². The van der Waals surface area contributed by atoms with E-state index < -0.39 is 91.5 Å². The summed E-state index contributed by atoms with van der Waals surface area (Å²) in [7, 11) is -9.82. The highest BCUT2D eigenvalue weighted by atomic mass is 31.2. The SMILES string of the molecule is CC/C=C\C/C=C\C/C=C\C/C=C\C/C=C\C/C=C\CCC(=O)OCC(COP(=O)(O)OCC(O)COP(=O)(O)OCC(O)COC(=O)CCCCCCCCCCCCCCC/C=C\C/C=C\C/C=C\C/C=C\CCCCC)OC(=O)CCCCCCCCC/C=C\C/C=C\C/C=C\CC. The van der Waals surface area contributed by atoms with Gasteiger partial charge < -0.3 is 34.2 Å². The molecule has 0 bridgehead atoms. The van der Waals surface area contributed by atoms with Crippen LogP contribution in [0, 0.1) is 0 Å². The maximum Gasteiger partial charge on any atom is 0.472 e. The van der Waals surface area contributed by atoms with Gasteiger partial charge >= 0.3 is 33.6 Å². The van der Waals surface area contributed by atoms with E-state index in [0.29, 0.717) is 25.7 Å². The number of phosphoric ester groups is 2. The summed E-state index contributed by atoms with van der Waals surface area (Å²) in [6.45, 7) is 2.32. The Morgan fingerprint density at radius 2 is 0.545 bits per heavy atom. The molecular weight excluding hydrogens is 1310 g/mol. The van der Waals surface area contributed by atoms with E-state index in [-0.39, 0.29) is 19.3 Å².